The molecule has 0 radical (unpaired) electrons. The maximum atomic E-state index is 6.18. The van der Waals surface area contributed by atoms with Gasteiger partial charge in [-0.3, -0.25) is 4.99 Å². The predicted octanol–water partition coefficient (Wildman–Crippen LogP) is 4.30. The second-order valence-electron chi connectivity index (χ2n) is 8.80. The largest absolute Gasteiger partial charge is 0.373 e. The zero-order valence-corrected chi connectivity index (χ0v) is 18.9. The van der Waals surface area contributed by atoms with Crippen LogP contribution in [0.5, 0.6) is 0 Å². The van der Waals surface area contributed by atoms with Crippen molar-refractivity contribution in [3.63, 3.8) is 0 Å². The first-order valence-corrected chi connectivity index (χ1v) is 11.7. The van der Waals surface area contributed by atoms with Gasteiger partial charge in [-0.1, -0.05) is 48.0 Å². The number of benzene rings is 2. The Labute approximate surface area is 186 Å². The molecule has 2 saturated heterocycles. The van der Waals surface area contributed by atoms with Crippen LogP contribution in [0.1, 0.15) is 42.9 Å². The van der Waals surface area contributed by atoms with Crippen LogP contribution < -0.4 is 15.5 Å². The fourth-order valence-corrected chi connectivity index (χ4v) is 4.71. The molecule has 2 aliphatic rings. The Hall–Kier alpha value is -2.53. The first kappa shape index (κ1) is 21.7. The van der Waals surface area contributed by atoms with Crippen molar-refractivity contribution in [3.05, 3.63) is 65.7 Å². The smallest absolute Gasteiger partial charge is 0.191 e. The topological polar surface area (TPSA) is 48.9 Å². The van der Waals surface area contributed by atoms with E-state index in [2.05, 4.69) is 82.0 Å². The zero-order chi connectivity index (χ0) is 21.5. The molecule has 2 fully saturated rings. The van der Waals surface area contributed by atoms with Gasteiger partial charge in [0, 0.05) is 50.9 Å². The van der Waals surface area contributed by atoms with Crippen LogP contribution in [0.4, 0.5) is 5.69 Å². The van der Waals surface area contributed by atoms with E-state index in [0.29, 0.717) is 12.0 Å². The number of aliphatic imine (C=N–C) groups is 1. The molecule has 4 rings (SSSR count). The summed E-state index contributed by atoms with van der Waals surface area (Å²) < 4.78 is 6.18. The lowest BCUT2D eigenvalue weighted by molar-refractivity contribution is -0.0265. The van der Waals surface area contributed by atoms with Gasteiger partial charge in [-0.15, -0.1) is 0 Å². The van der Waals surface area contributed by atoms with E-state index < -0.39 is 0 Å². The summed E-state index contributed by atoms with van der Waals surface area (Å²) >= 11 is 0. The van der Waals surface area contributed by atoms with Gasteiger partial charge >= 0.3 is 0 Å². The number of para-hydroxylation sites is 1. The molecule has 2 heterocycles. The van der Waals surface area contributed by atoms with Crippen LogP contribution in [0.2, 0.25) is 0 Å². The molecule has 0 aliphatic carbocycles. The summed E-state index contributed by atoms with van der Waals surface area (Å²) in [6.07, 6.45) is 4.70. The van der Waals surface area contributed by atoms with E-state index in [1.54, 1.807) is 0 Å². The SMILES string of the molecule is CN=C(NCC1CCCOC1c1ccc(C)cc1)NC1CCN(c2ccccc2)CC1. The van der Waals surface area contributed by atoms with Crippen molar-refractivity contribution in [1.29, 1.82) is 0 Å². The summed E-state index contributed by atoms with van der Waals surface area (Å²) in [6, 6.07) is 20.0. The molecule has 2 atom stereocenters. The molecule has 2 aromatic rings. The van der Waals surface area contributed by atoms with Gasteiger partial charge in [0.15, 0.2) is 5.96 Å². The number of anilines is 1. The Balaban J connectivity index is 1.27. The van der Waals surface area contributed by atoms with Crippen LogP contribution in [0.25, 0.3) is 0 Å². The molecule has 0 bridgehead atoms. The summed E-state index contributed by atoms with van der Waals surface area (Å²) in [4.78, 5) is 6.97. The summed E-state index contributed by atoms with van der Waals surface area (Å²) in [5.74, 6) is 1.36. The Morgan fingerprint density at radius 1 is 1.03 bits per heavy atom. The first-order chi connectivity index (χ1) is 15.2. The second kappa shape index (κ2) is 10.7. The molecule has 2 unspecified atom stereocenters. The molecule has 0 saturated carbocycles. The average Bonchev–Trinajstić information content (AvgIpc) is 2.83. The maximum Gasteiger partial charge on any atom is 0.191 e. The summed E-state index contributed by atoms with van der Waals surface area (Å²) in [6.45, 7) is 6.00. The lowest BCUT2D eigenvalue weighted by atomic mass is 9.89. The molecule has 5 heteroatoms. The van der Waals surface area contributed by atoms with Gasteiger partial charge in [-0.2, -0.15) is 0 Å². The van der Waals surface area contributed by atoms with Gasteiger partial charge in [0.2, 0.25) is 0 Å². The standard InChI is InChI=1S/C26H36N4O/c1-20-10-12-21(13-11-20)25-22(7-6-18-31-25)19-28-26(27-2)29-23-14-16-30(17-15-23)24-8-4-3-5-9-24/h3-5,8-13,22-23,25H,6-7,14-19H2,1-2H3,(H2,27,28,29). The van der Waals surface area contributed by atoms with E-state index >= 15 is 0 Å². The fraction of sp³-hybridized carbons (Fsp3) is 0.500. The number of nitrogens with one attached hydrogen (secondary N) is 2. The number of piperidine rings is 1. The van der Waals surface area contributed by atoms with E-state index in [-0.39, 0.29) is 6.10 Å². The third-order valence-electron chi connectivity index (χ3n) is 6.56. The molecular weight excluding hydrogens is 384 g/mol. The molecule has 31 heavy (non-hydrogen) atoms. The number of aryl methyl sites for hydroxylation is 1. The van der Waals surface area contributed by atoms with Crippen molar-refractivity contribution >= 4 is 11.6 Å². The average molecular weight is 421 g/mol. The Morgan fingerprint density at radius 2 is 1.77 bits per heavy atom. The van der Waals surface area contributed by atoms with E-state index in [4.69, 9.17) is 4.74 Å². The van der Waals surface area contributed by atoms with Crippen molar-refractivity contribution in [3.8, 4) is 0 Å². The molecule has 0 spiro atoms. The van der Waals surface area contributed by atoms with Crippen molar-refractivity contribution in [2.24, 2.45) is 10.9 Å². The van der Waals surface area contributed by atoms with E-state index in [0.717, 1.165) is 51.5 Å². The van der Waals surface area contributed by atoms with E-state index in [1.165, 1.54) is 23.2 Å². The molecule has 2 aliphatic heterocycles. The van der Waals surface area contributed by atoms with Gasteiger partial charge in [0.1, 0.15) is 0 Å². The number of guanidine groups is 1. The number of hydrogen-bond acceptors (Lipinski definition) is 3. The predicted molar refractivity (Wildman–Crippen MR) is 129 cm³/mol. The number of rotatable bonds is 5. The summed E-state index contributed by atoms with van der Waals surface area (Å²) in [5.41, 5.74) is 3.90. The van der Waals surface area contributed by atoms with Gasteiger partial charge < -0.3 is 20.3 Å². The molecule has 166 valence electrons. The van der Waals surface area contributed by atoms with Crippen LogP contribution >= 0.6 is 0 Å². The van der Waals surface area contributed by atoms with Gasteiger partial charge in [-0.25, -0.2) is 0 Å². The zero-order valence-electron chi connectivity index (χ0n) is 18.9. The number of hydrogen-bond donors (Lipinski definition) is 2. The quantitative estimate of drug-likeness (QED) is 0.559. The monoisotopic (exact) mass is 420 g/mol. The summed E-state index contributed by atoms with van der Waals surface area (Å²) in [5, 5.41) is 7.24. The van der Waals surface area contributed by atoms with Crippen LogP contribution in [-0.4, -0.2) is 45.3 Å². The molecule has 2 N–H and O–H groups in total. The van der Waals surface area contributed by atoms with Crippen LogP contribution in [0.3, 0.4) is 0 Å². The fourth-order valence-electron chi connectivity index (χ4n) is 4.71. The van der Waals surface area contributed by atoms with Crippen LogP contribution in [-0.2, 0) is 4.74 Å². The third-order valence-corrected chi connectivity index (χ3v) is 6.56. The van der Waals surface area contributed by atoms with Gasteiger partial charge in [0.25, 0.3) is 0 Å². The molecular formula is C26H36N4O. The van der Waals surface area contributed by atoms with Gasteiger partial charge in [0.05, 0.1) is 6.10 Å². The summed E-state index contributed by atoms with van der Waals surface area (Å²) in [7, 11) is 1.86. The second-order valence-corrected chi connectivity index (χ2v) is 8.80. The lowest BCUT2D eigenvalue weighted by Gasteiger charge is -2.35. The van der Waals surface area contributed by atoms with Crippen LogP contribution in [0.15, 0.2) is 59.6 Å². The highest BCUT2D eigenvalue weighted by Crippen LogP contribution is 2.33. The number of nitrogens with zero attached hydrogens (tertiary/aromatic N) is 2. The molecule has 0 amide bonds. The van der Waals surface area contributed by atoms with Crippen LogP contribution in [0, 0.1) is 12.8 Å². The highest BCUT2D eigenvalue weighted by atomic mass is 16.5. The number of ether oxygens (including phenoxy) is 1. The molecule has 0 aromatic heterocycles. The Bertz CT molecular complexity index is 828. The van der Waals surface area contributed by atoms with Gasteiger partial charge in [-0.05, 0) is 50.3 Å². The Kier molecular flexibility index (Phi) is 7.47. The third kappa shape index (κ3) is 5.79. The normalized spacial score (nSPS) is 22.9. The minimum atomic E-state index is 0.161. The van der Waals surface area contributed by atoms with Crippen molar-refractivity contribution < 1.29 is 4.74 Å². The maximum absolute atomic E-state index is 6.18. The minimum Gasteiger partial charge on any atom is -0.373 e. The first-order valence-electron chi connectivity index (χ1n) is 11.7. The van der Waals surface area contributed by atoms with E-state index in [1.807, 2.05) is 7.05 Å². The van der Waals surface area contributed by atoms with Crippen molar-refractivity contribution in [1.82, 2.24) is 10.6 Å². The Morgan fingerprint density at radius 3 is 2.48 bits per heavy atom. The molecule has 5 nitrogen and oxygen atoms in total. The van der Waals surface area contributed by atoms with Crippen molar-refractivity contribution in [2.75, 3.05) is 38.2 Å². The molecule has 2 aromatic carbocycles. The lowest BCUT2D eigenvalue weighted by Crippen LogP contribution is -2.50. The van der Waals surface area contributed by atoms with Crippen molar-refractivity contribution in [2.45, 2.75) is 44.8 Å². The highest BCUT2D eigenvalue weighted by Gasteiger charge is 2.28. The van der Waals surface area contributed by atoms with E-state index in [9.17, 15) is 0 Å². The highest BCUT2D eigenvalue weighted by molar-refractivity contribution is 5.80. The minimum absolute atomic E-state index is 0.161.